The molecule has 0 radical (unpaired) electrons. The summed E-state index contributed by atoms with van der Waals surface area (Å²) >= 11 is 0. The highest BCUT2D eigenvalue weighted by Gasteiger charge is 2.95. The molecule has 67 heavy (non-hydrogen) atoms. The van der Waals surface area contributed by atoms with Crippen molar-refractivity contribution >= 4 is 26.1 Å². The van der Waals surface area contributed by atoms with Gasteiger partial charge >= 0.3 is 59.7 Å². The summed E-state index contributed by atoms with van der Waals surface area (Å²) < 4.78 is 285. The van der Waals surface area contributed by atoms with Crippen LogP contribution in [0, 0.1) is 11.6 Å². The molecule has 0 fully saturated rings. The molecule has 0 unspecified atom stereocenters. The van der Waals surface area contributed by atoms with Crippen molar-refractivity contribution in [2.45, 2.75) is 132 Å². The van der Waals surface area contributed by atoms with Crippen molar-refractivity contribution in [3.8, 4) is 5.75 Å². The van der Waals surface area contributed by atoms with E-state index in [2.05, 4.69) is 5.32 Å². The average molecular weight is 1020 g/mol. The Bertz CT molecular complexity index is 2000. The van der Waals surface area contributed by atoms with Gasteiger partial charge in [-0.15, -0.1) is 0 Å². The number of carbonyl (C=O) groups excluding carboxylic acids is 2. The van der Waals surface area contributed by atoms with E-state index >= 15 is 0 Å². The van der Waals surface area contributed by atoms with Crippen molar-refractivity contribution in [3.05, 3.63) is 71.3 Å². The molecule has 0 heterocycles. The molecule has 1 amide bonds. The number of alkyl halides is 17. The number of allylic oxidation sites excluding steroid dienone is 1. The van der Waals surface area contributed by atoms with Gasteiger partial charge in [-0.1, -0.05) is 45.9 Å². The summed E-state index contributed by atoms with van der Waals surface area (Å²) in [6.07, 6.45) is -11.1. The van der Waals surface area contributed by atoms with E-state index in [0.717, 1.165) is 12.1 Å². The van der Waals surface area contributed by atoms with Gasteiger partial charge in [-0.25, -0.2) is 18.4 Å². The standard InChI is InChI=1S/C40H44F19NO6Si/c1-7-63-31(61)24(6)9-8-10-30(66-32(62)60-29-16-13-26(41)21-28(29)42)25-11-14-27(15-12-25)64-18-19-65-67(22(2)3,23(4)5)20-17-33(43,44)34(45,46)35(47,48)36(49,50)37(51,52)38(53,54)39(55,56)40(57,58)59/h9,11-16,21-23,30H,7-8,10,17-20H2,1-6H3,(H,60,62)/b24-9+/t30-/m0/s1. The quantitative estimate of drug-likeness (QED) is 0.0371. The van der Waals surface area contributed by atoms with Gasteiger partial charge in [0.1, 0.15) is 30.1 Å². The third kappa shape index (κ3) is 12.2. The second-order valence-electron chi connectivity index (χ2n) is 15.5. The van der Waals surface area contributed by atoms with Gasteiger partial charge in [0.25, 0.3) is 0 Å². The van der Waals surface area contributed by atoms with Crippen LogP contribution >= 0.6 is 0 Å². The summed E-state index contributed by atoms with van der Waals surface area (Å²) in [6, 6.07) is 6.35. The molecule has 2 rings (SSSR count). The van der Waals surface area contributed by atoms with Crippen LogP contribution in [0.5, 0.6) is 5.75 Å². The van der Waals surface area contributed by atoms with Crippen LogP contribution in [0.4, 0.5) is 93.9 Å². The summed E-state index contributed by atoms with van der Waals surface area (Å²) in [6.45, 7) is 7.25. The molecule has 0 aliphatic rings. The van der Waals surface area contributed by atoms with Crippen LogP contribution in [0.15, 0.2) is 54.1 Å². The molecule has 0 aliphatic heterocycles. The highest BCUT2D eigenvalue weighted by Crippen LogP contribution is 2.64. The zero-order valence-electron chi connectivity index (χ0n) is 35.9. The van der Waals surface area contributed by atoms with Gasteiger partial charge in [0.2, 0.25) is 0 Å². The van der Waals surface area contributed by atoms with Crippen molar-refractivity contribution in [2.75, 3.05) is 25.1 Å². The summed E-state index contributed by atoms with van der Waals surface area (Å²) in [5.41, 5.74) is -1.75. The summed E-state index contributed by atoms with van der Waals surface area (Å²) in [7, 11) is -4.05. The first-order valence-electron chi connectivity index (χ1n) is 19.7. The molecule has 382 valence electrons. The van der Waals surface area contributed by atoms with Crippen LogP contribution < -0.4 is 10.1 Å². The Morgan fingerprint density at radius 1 is 0.701 bits per heavy atom. The molecule has 0 saturated heterocycles. The monoisotopic (exact) mass is 1020 g/mol. The van der Waals surface area contributed by atoms with Crippen molar-refractivity contribution in [1.29, 1.82) is 0 Å². The van der Waals surface area contributed by atoms with Crippen molar-refractivity contribution in [1.82, 2.24) is 0 Å². The van der Waals surface area contributed by atoms with Gasteiger partial charge < -0.3 is 18.6 Å². The molecule has 2 aromatic rings. The fraction of sp³-hybridized carbons (Fsp3) is 0.600. The highest BCUT2D eigenvalue weighted by molar-refractivity contribution is 6.76. The largest absolute Gasteiger partial charge is 0.491 e. The van der Waals surface area contributed by atoms with E-state index in [1.807, 2.05) is 0 Å². The van der Waals surface area contributed by atoms with Crippen LogP contribution in [0.3, 0.4) is 0 Å². The third-order valence-corrected chi connectivity index (χ3v) is 16.1. The molecular weight excluding hydrogens is 979 g/mol. The molecule has 27 heteroatoms. The minimum absolute atomic E-state index is 0.0234. The van der Waals surface area contributed by atoms with Gasteiger partial charge in [0.05, 0.1) is 18.9 Å². The number of carbonyl (C=O) groups is 2. The third-order valence-electron chi connectivity index (χ3n) is 10.4. The maximum Gasteiger partial charge on any atom is 0.460 e. The van der Waals surface area contributed by atoms with E-state index in [1.165, 1.54) is 65.0 Å². The van der Waals surface area contributed by atoms with Crippen molar-refractivity contribution in [2.24, 2.45) is 0 Å². The summed E-state index contributed by atoms with van der Waals surface area (Å²) in [5, 5.41) is 2.13. The molecule has 2 aromatic carbocycles. The van der Waals surface area contributed by atoms with Crippen LogP contribution in [-0.4, -0.2) is 87.8 Å². The highest BCUT2D eigenvalue weighted by atomic mass is 28.4. The SMILES string of the molecule is CCOC(=O)/C(C)=C/CC[C@H](OC(=O)Nc1ccc(F)cc1F)c1ccc(OCCO[Si](CCC(F)(F)C(F)(F)C(F)(F)C(F)(F)C(F)(F)C(F)(F)C(F)(F)C(F)(F)F)(C(C)C)C(C)C)cc1. The van der Waals surface area contributed by atoms with Crippen molar-refractivity contribution < 1.29 is 112 Å². The van der Waals surface area contributed by atoms with E-state index in [0.29, 0.717) is 11.6 Å². The molecule has 0 aliphatic carbocycles. The summed E-state index contributed by atoms with van der Waals surface area (Å²) in [5.74, 6) is -59.6. The van der Waals surface area contributed by atoms with Gasteiger partial charge in [0.15, 0.2) is 8.32 Å². The first-order chi connectivity index (χ1) is 30.3. The topological polar surface area (TPSA) is 83.1 Å². The first kappa shape index (κ1) is 58.7. The Kier molecular flexibility index (Phi) is 18.8. The minimum Gasteiger partial charge on any atom is -0.491 e. The maximum atomic E-state index is 15.0. The van der Waals surface area contributed by atoms with E-state index in [1.54, 1.807) is 6.92 Å². The number of esters is 1. The normalized spacial score (nSPS) is 14.6. The Morgan fingerprint density at radius 3 is 1.69 bits per heavy atom. The lowest BCUT2D eigenvalue weighted by atomic mass is 9.88. The van der Waals surface area contributed by atoms with Crippen molar-refractivity contribution in [3.63, 3.8) is 0 Å². The number of hydrogen-bond donors (Lipinski definition) is 1. The van der Waals surface area contributed by atoms with Gasteiger partial charge in [0, 0.05) is 18.1 Å². The number of hydrogen-bond acceptors (Lipinski definition) is 6. The average Bonchev–Trinajstić information content (AvgIpc) is 3.20. The maximum absolute atomic E-state index is 15.0. The van der Waals surface area contributed by atoms with Gasteiger partial charge in [-0.05, 0) is 73.6 Å². The molecule has 0 spiro atoms. The molecule has 1 atom stereocenters. The number of anilines is 1. The molecular formula is C40H44F19NO6Si. The zero-order chi connectivity index (χ0) is 52.0. The van der Waals surface area contributed by atoms with Crippen LogP contribution in [0.2, 0.25) is 17.1 Å². The molecule has 0 saturated carbocycles. The van der Waals surface area contributed by atoms with E-state index < -0.39 is 128 Å². The summed E-state index contributed by atoms with van der Waals surface area (Å²) in [4.78, 5) is 24.7. The minimum atomic E-state index is -8.72. The number of ether oxygens (including phenoxy) is 3. The van der Waals surface area contributed by atoms with Gasteiger partial charge in [-0.3, -0.25) is 5.32 Å². The first-order valence-corrected chi connectivity index (χ1v) is 21.9. The van der Waals surface area contributed by atoms with E-state index in [-0.39, 0.29) is 30.8 Å². The predicted octanol–water partition coefficient (Wildman–Crippen LogP) is 14.1. The fourth-order valence-corrected chi connectivity index (χ4v) is 10.9. The smallest absolute Gasteiger partial charge is 0.460 e. The fourth-order valence-electron chi connectivity index (χ4n) is 6.46. The van der Waals surface area contributed by atoms with Crippen LogP contribution in [-0.2, 0) is 18.7 Å². The Hall–Kier alpha value is -4.43. The molecule has 0 bridgehead atoms. The number of rotatable bonds is 24. The lowest BCUT2D eigenvalue weighted by molar-refractivity contribution is -0.461. The second-order valence-corrected chi connectivity index (χ2v) is 20.5. The zero-order valence-corrected chi connectivity index (χ0v) is 36.9. The molecule has 1 N–H and O–H groups in total. The Morgan fingerprint density at radius 2 is 1.21 bits per heavy atom. The Balaban J connectivity index is 2.29. The number of halogens is 19. The lowest BCUT2D eigenvalue weighted by Crippen LogP contribution is -2.74. The van der Waals surface area contributed by atoms with Crippen LogP contribution in [0.25, 0.3) is 0 Å². The molecule has 7 nitrogen and oxygen atoms in total. The van der Waals surface area contributed by atoms with E-state index in [4.69, 9.17) is 18.6 Å². The number of amides is 1. The second kappa shape index (κ2) is 21.5. The van der Waals surface area contributed by atoms with Gasteiger partial charge in [-0.2, -0.15) is 74.6 Å². The van der Waals surface area contributed by atoms with E-state index in [9.17, 15) is 93.0 Å². The lowest BCUT2D eigenvalue weighted by Gasteiger charge is -2.44. The number of benzene rings is 2. The predicted molar refractivity (Wildman–Crippen MR) is 203 cm³/mol. The molecule has 0 aromatic heterocycles. The Labute approximate surface area is 371 Å². The van der Waals surface area contributed by atoms with Crippen LogP contribution in [0.1, 0.15) is 72.5 Å². The number of nitrogens with one attached hydrogen (secondary N) is 1.